The maximum atomic E-state index is 12.9. The summed E-state index contributed by atoms with van der Waals surface area (Å²) in [6, 6.07) is 13.1. The number of aliphatic hydroxyl groups is 1. The monoisotopic (exact) mass is 533 g/mol. The molecule has 4 rings (SSSR count). The quantitative estimate of drug-likeness (QED) is 0.260. The first-order chi connectivity index (χ1) is 18.1. The van der Waals surface area contributed by atoms with Gasteiger partial charge < -0.3 is 10.4 Å². The Hall–Kier alpha value is -4.09. The van der Waals surface area contributed by atoms with E-state index in [4.69, 9.17) is 10.2 Å². The molecule has 0 spiro atoms. The molecule has 0 aliphatic heterocycles. The van der Waals surface area contributed by atoms with Gasteiger partial charge in [-0.05, 0) is 55.2 Å². The Morgan fingerprint density at radius 2 is 1.84 bits per heavy atom. The third-order valence-corrected chi connectivity index (χ3v) is 6.61. The number of hydrogen-bond acceptors (Lipinski definition) is 7. The van der Waals surface area contributed by atoms with Gasteiger partial charge in [0.2, 0.25) is 0 Å². The molecule has 3 aromatic heterocycles. The zero-order chi connectivity index (χ0) is 27.3. The number of nitrogens with zero attached hydrogens (tertiary/aromatic N) is 4. The number of aliphatic hydroxyl groups excluding tert-OH is 1. The molecule has 0 atom stereocenters. The highest BCUT2D eigenvalue weighted by molar-refractivity contribution is 7.15. The van der Waals surface area contributed by atoms with Gasteiger partial charge in [0, 0.05) is 28.8 Å². The SMILES string of the molecule is Cc1cccc(-n2nc(C(C)(C)C)cc2NC(=O)Nc2ncc(CCc3ccnc(NC(=O)CO)c3)s2)c1. The van der Waals surface area contributed by atoms with E-state index in [2.05, 4.69) is 46.7 Å². The molecule has 0 bridgehead atoms. The van der Waals surface area contributed by atoms with Crippen molar-refractivity contribution in [3.05, 3.63) is 76.6 Å². The van der Waals surface area contributed by atoms with Crippen LogP contribution in [0.5, 0.6) is 0 Å². The summed E-state index contributed by atoms with van der Waals surface area (Å²) in [6.45, 7) is 7.65. The average molecular weight is 534 g/mol. The van der Waals surface area contributed by atoms with Crippen molar-refractivity contribution in [2.75, 3.05) is 22.6 Å². The number of amides is 3. The van der Waals surface area contributed by atoms with E-state index in [-0.39, 0.29) is 5.41 Å². The third kappa shape index (κ3) is 7.02. The Morgan fingerprint density at radius 3 is 2.58 bits per heavy atom. The minimum atomic E-state index is -0.595. The van der Waals surface area contributed by atoms with Gasteiger partial charge in [-0.2, -0.15) is 5.10 Å². The van der Waals surface area contributed by atoms with Crippen LogP contribution in [-0.2, 0) is 23.1 Å². The number of anilines is 3. The summed E-state index contributed by atoms with van der Waals surface area (Å²) in [6.07, 6.45) is 4.75. The maximum absolute atomic E-state index is 12.9. The molecule has 0 aliphatic carbocycles. The first-order valence-corrected chi connectivity index (χ1v) is 13.0. The smallest absolute Gasteiger partial charge is 0.326 e. The number of pyridine rings is 1. The molecule has 198 valence electrons. The number of carbonyl (C=O) groups is 2. The van der Waals surface area contributed by atoms with Crippen LogP contribution in [-0.4, -0.2) is 43.4 Å². The number of nitrogens with one attached hydrogen (secondary N) is 3. The van der Waals surface area contributed by atoms with E-state index in [0.29, 0.717) is 29.6 Å². The van der Waals surface area contributed by atoms with Crippen molar-refractivity contribution >= 4 is 40.0 Å². The molecule has 4 aromatic rings. The normalized spacial score (nSPS) is 11.3. The van der Waals surface area contributed by atoms with Crippen LogP contribution in [0.4, 0.5) is 21.6 Å². The third-order valence-electron chi connectivity index (χ3n) is 5.64. The summed E-state index contributed by atoms with van der Waals surface area (Å²) >= 11 is 1.40. The van der Waals surface area contributed by atoms with Crippen molar-refractivity contribution in [1.82, 2.24) is 19.7 Å². The summed E-state index contributed by atoms with van der Waals surface area (Å²) in [7, 11) is 0. The van der Waals surface area contributed by atoms with Crippen LogP contribution in [0, 0.1) is 6.92 Å². The van der Waals surface area contributed by atoms with E-state index in [0.717, 1.165) is 27.4 Å². The number of aryl methyl sites for hydroxylation is 3. The van der Waals surface area contributed by atoms with Gasteiger partial charge in [-0.3, -0.25) is 15.4 Å². The minimum Gasteiger partial charge on any atom is -0.387 e. The standard InChI is InChI=1S/C27H31N7O3S/c1-17-6-5-7-19(12-17)34-23(14-21(33-34)27(2,3)4)31-25(37)32-26-29-15-20(38-26)9-8-18-10-11-28-22(13-18)30-24(36)16-35/h5-7,10-15,35H,8-9,16H2,1-4H3,(H,28,30,36)(H2,29,31,32,37). The Morgan fingerprint density at radius 1 is 1.03 bits per heavy atom. The van der Waals surface area contributed by atoms with E-state index < -0.39 is 18.5 Å². The molecule has 38 heavy (non-hydrogen) atoms. The van der Waals surface area contributed by atoms with Gasteiger partial charge in [-0.25, -0.2) is 19.4 Å². The molecular formula is C27H31N7O3S. The van der Waals surface area contributed by atoms with Crippen LogP contribution in [0.1, 0.15) is 42.5 Å². The zero-order valence-electron chi connectivity index (χ0n) is 21.8. The topological polar surface area (TPSA) is 134 Å². The molecule has 0 fully saturated rings. The second-order valence-corrected chi connectivity index (χ2v) is 11.0. The molecule has 0 radical (unpaired) electrons. The lowest BCUT2D eigenvalue weighted by atomic mass is 9.92. The molecule has 4 N–H and O–H groups in total. The van der Waals surface area contributed by atoms with E-state index >= 15 is 0 Å². The number of thiazole rings is 1. The summed E-state index contributed by atoms with van der Waals surface area (Å²) in [4.78, 5) is 33.7. The van der Waals surface area contributed by atoms with Crippen LogP contribution >= 0.6 is 11.3 Å². The number of carbonyl (C=O) groups excluding carboxylic acids is 2. The molecule has 11 heteroatoms. The van der Waals surface area contributed by atoms with Crippen molar-refractivity contribution in [3.63, 3.8) is 0 Å². The number of aromatic nitrogens is 4. The summed E-state index contributed by atoms with van der Waals surface area (Å²) in [5, 5.41) is 22.4. The highest BCUT2D eigenvalue weighted by Gasteiger charge is 2.22. The van der Waals surface area contributed by atoms with Gasteiger partial charge in [0.25, 0.3) is 5.91 Å². The molecule has 10 nitrogen and oxygen atoms in total. The van der Waals surface area contributed by atoms with Crippen LogP contribution in [0.3, 0.4) is 0 Å². The van der Waals surface area contributed by atoms with E-state index in [9.17, 15) is 9.59 Å². The van der Waals surface area contributed by atoms with Crippen molar-refractivity contribution in [2.24, 2.45) is 0 Å². The lowest BCUT2D eigenvalue weighted by Crippen LogP contribution is -2.21. The lowest BCUT2D eigenvalue weighted by molar-refractivity contribution is -0.118. The predicted molar refractivity (Wildman–Crippen MR) is 149 cm³/mol. The fraction of sp³-hybridized carbons (Fsp3) is 0.296. The first-order valence-electron chi connectivity index (χ1n) is 12.2. The van der Waals surface area contributed by atoms with Gasteiger partial charge in [0.1, 0.15) is 18.2 Å². The van der Waals surface area contributed by atoms with Crippen LogP contribution in [0.15, 0.2) is 54.9 Å². The van der Waals surface area contributed by atoms with Crippen LogP contribution in [0.2, 0.25) is 0 Å². The van der Waals surface area contributed by atoms with Gasteiger partial charge in [-0.15, -0.1) is 11.3 Å². The summed E-state index contributed by atoms with van der Waals surface area (Å²) < 4.78 is 1.74. The average Bonchev–Trinajstić information content (AvgIpc) is 3.50. The van der Waals surface area contributed by atoms with Crippen molar-refractivity contribution in [2.45, 2.75) is 46.0 Å². The van der Waals surface area contributed by atoms with Crippen molar-refractivity contribution in [3.8, 4) is 5.69 Å². The Balaban J connectivity index is 1.40. The number of benzene rings is 1. The first kappa shape index (κ1) is 27.0. The summed E-state index contributed by atoms with van der Waals surface area (Å²) in [5.74, 6) is 0.448. The van der Waals surface area contributed by atoms with E-state index in [1.54, 1.807) is 23.1 Å². The molecule has 0 saturated heterocycles. The molecule has 0 unspecified atom stereocenters. The van der Waals surface area contributed by atoms with E-state index in [1.165, 1.54) is 11.3 Å². The predicted octanol–water partition coefficient (Wildman–Crippen LogP) is 4.69. The van der Waals surface area contributed by atoms with Crippen LogP contribution in [0.25, 0.3) is 5.69 Å². The second-order valence-electron chi connectivity index (χ2n) is 9.88. The van der Waals surface area contributed by atoms with Gasteiger partial charge in [-0.1, -0.05) is 32.9 Å². The highest BCUT2D eigenvalue weighted by Crippen LogP contribution is 2.27. The molecule has 1 aromatic carbocycles. The zero-order valence-corrected chi connectivity index (χ0v) is 22.6. The van der Waals surface area contributed by atoms with Crippen molar-refractivity contribution in [1.29, 1.82) is 0 Å². The Labute approximate surface area is 225 Å². The van der Waals surface area contributed by atoms with Gasteiger partial charge in [0.05, 0.1) is 11.4 Å². The fourth-order valence-electron chi connectivity index (χ4n) is 3.67. The van der Waals surface area contributed by atoms with Crippen molar-refractivity contribution < 1.29 is 14.7 Å². The van der Waals surface area contributed by atoms with Gasteiger partial charge in [0.15, 0.2) is 5.13 Å². The number of rotatable bonds is 8. The molecular weight excluding hydrogens is 502 g/mol. The Kier molecular flexibility index (Phi) is 8.18. The number of urea groups is 1. The highest BCUT2D eigenvalue weighted by atomic mass is 32.1. The summed E-state index contributed by atoms with van der Waals surface area (Å²) in [5.41, 5.74) is 3.61. The Bertz CT molecular complexity index is 1440. The lowest BCUT2D eigenvalue weighted by Gasteiger charge is -2.14. The van der Waals surface area contributed by atoms with E-state index in [1.807, 2.05) is 43.3 Å². The fourth-order valence-corrected chi connectivity index (χ4v) is 4.47. The molecule has 3 amide bonds. The minimum absolute atomic E-state index is 0.188. The second kappa shape index (κ2) is 11.5. The van der Waals surface area contributed by atoms with Crippen LogP contribution < -0.4 is 16.0 Å². The molecule has 0 saturated carbocycles. The number of hydrogen-bond donors (Lipinski definition) is 4. The maximum Gasteiger partial charge on any atom is 0.326 e. The molecule has 0 aliphatic rings. The largest absolute Gasteiger partial charge is 0.387 e. The van der Waals surface area contributed by atoms with Gasteiger partial charge >= 0.3 is 6.03 Å². The molecule has 3 heterocycles.